The molecular formula is C12H26. The maximum Gasteiger partial charge on any atom is -0.0391 e. The summed E-state index contributed by atoms with van der Waals surface area (Å²) in [5, 5.41) is 0. The molecule has 0 saturated heterocycles. The fourth-order valence-electron chi connectivity index (χ4n) is 2.56. The molecule has 1 aliphatic carbocycles. The molecule has 1 saturated carbocycles. The van der Waals surface area contributed by atoms with Crippen LogP contribution in [0.3, 0.4) is 0 Å². The highest BCUT2D eigenvalue weighted by atomic mass is 14.3. The minimum absolute atomic E-state index is 0. The Morgan fingerprint density at radius 1 is 1.17 bits per heavy atom. The second-order valence-corrected chi connectivity index (χ2v) is 4.42. The molecule has 1 fully saturated rings. The first kappa shape index (κ1) is 12.0. The van der Waals surface area contributed by atoms with Gasteiger partial charge in [-0.2, -0.15) is 0 Å². The van der Waals surface area contributed by atoms with Crippen molar-refractivity contribution in [1.29, 1.82) is 0 Å². The maximum absolute atomic E-state index is 2.44. The van der Waals surface area contributed by atoms with Gasteiger partial charge in [0.1, 0.15) is 0 Å². The zero-order valence-electron chi connectivity index (χ0n) is 8.27. The van der Waals surface area contributed by atoms with E-state index in [-0.39, 0.29) is 7.43 Å². The lowest BCUT2D eigenvalue weighted by molar-refractivity contribution is 0.310. The predicted octanol–water partition coefficient (Wildman–Crippen LogP) is 4.49. The van der Waals surface area contributed by atoms with Crippen LogP contribution in [0.25, 0.3) is 0 Å². The summed E-state index contributed by atoms with van der Waals surface area (Å²) >= 11 is 0. The number of hydrogen-bond acceptors (Lipinski definition) is 0. The van der Waals surface area contributed by atoms with Gasteiger partial charge in [0.05, 0.1) is 0 Å². The quantitative estimate of drug-likeness (QED) is 0.508. The van der Waals surface area contributed by atoms with Gasteiger partial charge in [0, 0.05) is 0 Å². The second kappa shape index (κ2) is 5.61. The number of rotatable bonds is 1. The van der Waals surface area contributed by atoms with Crippen molar-refractivity contribution in [2.75, 3.05) is 0 Å². The molecule has 0 heteroatoms. The van der Waals surface area contributed by atoms with Crippen LogP contribution in [-0.4, -0.2) is 0 Å². The summed E-state index contributed by atoms with van der Waals surface area (Å²) < 4.78 is 0. The van der Waals surface area contributed by atoms with E-state index >= 15 is 0 Å². The highest BCUT2D eigenvalue weighted by Crippen LogP contribution is 2.33. The average molecular weight is 170 g/mol. The lowest BCUT2D eigenvalue weighted by Gasteiger charge is -2.20. The van der Waals surface area contributed by atoms with E-state index < -0.39 is 0 Å². The Hall–Kier alpha value is 0. The molecular weight excluding hydrogens is 144 g/mol. The Labute approximate surface area is 78.8 Å². The normalized spacial score (nSPS) is 36.8. The fraction of sp³-hybridized carbons (Fsp3) is 1.00. The van der Waals surface area contributed by atoms with Crippen molar-refractivity contribution in [2.45, 2.75) is 60.3 Å². The van der Waals surface area contributed by atoms with E-state index in [9.17, 15) is 0 Å². The molecule has 0 N–H and O–H groups in total. The first-order valence-electron chi connectivity index (χ1n) is 5.24. The van der Waals surface area contributed by atoms with Gasteiger partial charge < -0.3 is 0 Å². The van der Waals surface area contributed by atoms with Crippen molar-refractivity contribution in [3.8, 4) is 0 Å². The molecule has 0 aliphatic heterocycles. The number of hydrogen-bond donors (Lipinski definition) is 0. The standard InChI is InChI=1S/C11H22.CH4/c1-4-11-7-5-6-9(2)8-10(11)3;/h9-11H,4-8H2,1-3H3;1H4. The van der Waals surface area contributed by atoms with Crippen LogP contribution >= 0.6 is 0 Å². The molecule has 0 aromatic heterocycles. The average Bonchev–Trinajstić information content (AvgIpc) is 2.11. The van der Waals surface area contributed by atoms with Gasteiger partial charge in [-0.05, 0) is 24.2 Å². The molecule has 74 valence electrons. The van der Waals surface area contributed by atoms with E-state index in [0.29, 0.717) is 0 Å². The molecule has 0 aromatic rings. The first-order valence-corrected chi connectivity index (χ1v) is 5.24. The zero-order valence-corrected chi connectivity index (χ0v) is 8.27. The van der Waals surface area contributed by atoms with E-state index in [0.717, 1.165) is 17.8 Å². The summed E-state index contributed by atoms with van der Waals surface area (Å²) in [5.41, 5.74) is 0. The van der Waals surface area contributed by atoms with Gasteiger partial charge in [-0.15, -0.1) is 0 Å². The Balaban J connectivity index is 0.00000121. The second-order valence-electron chi connectivity index (χ2n) is 4.42. The molecule has 3 atom stereocenters. The summed E-state index contributed by atoms with van der Waals surface area (Å²) in [6.45, 7) is 7.20. The third kappa shape index (κ3) is 3.16. The Kier molecular flexibility index (Phi) is 5.61. The highest BCUT2D eigenvalue weighted by molar-refractivity contribution is 4.72. The Bertz CT molecular complexity index is 107. The van der Waals surface area contributed by atoms with Gasteiger partial charge in [0.25, 0.3) is 0 Å². The van der Waals surface area contributed by atoms with Crippen LogP contribution in [0.5, 0.6) is 0 Å². The molecule has 0 radical (unpaired) electrons. The predicted molar refractivity (Wildman–Crippen MR) is 57.3 cm³/mol. The van der Waals surface area contributed by atoms with Crippen LogP contribution < -0.4 is 0 Å². The van der Waals surface area contributed by atoms with Crippen LogP contribution in [0.15, 0.2) is 0 Å². The molecule has 0 spiro atoms. The van der Waals surface area contributed by atoms with Crippen LogP contribution in [0, 0.1) is 17.8 Å². The molecule has 0 amide bonds. The Morgan fingerprint density at radius 2 is 1.83 bits per heavy atom. The van der Waals surface area contributed by atoms with E-state index in [1.54, 1.807) is 0 Å². The monoisotopic (exact) mass is 170 g/mol. The van der Waals surface area contributed by atoms with E-state index in [4.69, 9.17) is 0 Å². The minimum atomic E-state index is 0. The first-order chi connectivity index (χ1) is 5.24. The van der Waals surface area contributed by atoms with Gasteiger partial charge >= 0.3 is 0 Å². The van der Waals surface area contributed by atoms with Crippen LogP contribution in [0.4, 0.5) is 0 Å². The van der Waals surface area contributed by atoms with Crippen molar-refractivity contribution >= 4 is 0 Å². The zero-order chi connectivity index (χ0) is 8.27. The molecule has 0 aromatic carbocycles. The molecule has 3 unspecified atom stereocenters. The fourth-order valence-corrected chi connectivity index (χ4v) is 2.56. The molecule has 0 bridgehead atoms. The van der Waals surface area contributed by atoms with Gasteiger partial charge in [0.15, 0.2) is 0 Å². The summed E-state index contributed by atoms with van der Waals surface area (Å²) in [4.78, 5) is 0. The third-order valence-electron chi connectivity index (χ3n) is 3.38. The van der Waals surface area contributed by atoms with E-state index in [1.807, 2.05) is 0 Å². The summed E-state index contributed by atoms with van der Waals surface area (Å²) in [7, 11) is 0. The van der Waals surface area contributed by atoms with Crippen LogP contribution in [0.2, 0.25) is 0 Å². The van der Waals surface area contributed by atoms with Gasteiger partial charge in [-0.3, -0.25) is 0 Å². The van der Waals surface area contributed by atoms with Crippen molar-refractivity contribution < 1.29 is 0 Å². The SMILES string of the molecule is C.CCC1CCCC(C)CC1C. The van der Waals surface area contributed by atoms with Crippen molar-refractivity contribution in [3.05, 3.63) is 0 Å². The van der Waals surface area contributed by atoms with Gasteiger partial charge in [-0.1, -0.05) is 53.9 Å². The molecule has 1 rings (SSSR count). The van der Waals surface area contributed by atoms with Gasteiger partial charge in [0.2, 0.25) is 0 Å². The van der Waals surface area contributed by atoms with Crippen molar-refractivity contribution in [3.63, 3.8) is 0 Å². The van der Waals surface area contributed by atoms with E-state index in [2.05, 4.69) is 20.8 Å². The summed E-state index contributed by atoms with van der Waals surface area (Å²) in [6.07, 6.45) is 7.30. The van der Waals surface area contributed by atoms with Crippen LogP contribution in [-0.2, 0) is 0 Å². The molecule has 12 heavy (non-hydrogen) atoms. The lowest BCUT2D eigenvalue weighted by Crippen LogP contribution is -2.09. The molecule has 0 nitrogen and oxygen atoms in total. The Morgan fingerprint density at radius 3 is 2.42 bits per heavy atom. The lowest BCUT2D eigenvalue weighted by atomic mass is 9.86. The topological polar surface area (TPSA) is 0 Å². The smallest absolute Gasteiger partial charge is 0.0391 e. The summed E-state index contributed by atoms with van der Waals surface area (Å²) in [6, 6.07) is 0. The van der Waals surface area contributed by atoms with E-state index in [1.165, 1.54) is 32.1 Å². The largest absolute Gasteiger partial charge is 0.0776 e. The van der Waals surface area contributed by atoms with Gasteiger partial charge in [-0.25, -0.2) is 0 Å². The van der Waals surface area contributed by atoms with Crippen molar-refractivity contribution in [1.82, 2.24) is 0 Å². The molecule has 0 heterocycles. The third-order valence-corrected chi connectivity index (χ3v) is 3.38. The highest BCUT2D eigenvalue weighted by Gasteiger charge is 2.21. The minimum Gasteiger partial charge on any atom is -0.0776 e. The van der Waals surface area contributed by atoms with Crippen LogP contribution in [0.1, 0.15) is 60.3 Å². The molecule has 1 aliphatic rings. The summed E-state index contributed by atoms with van der Waals surface area (Å²) in [5.74, 6) is 3.00. The van der Waals surface area contributed by atoms with Crippen molar-refractivity contribution in [2.24, 2.45) is 17.8 Å². The maximum atomic E-state index is 2.44.